The smallest absolute Gasteiger partial charge is 0.168 e. The summed E-state index contributed by atoms with van der Waals surface area (Å²) >= 11 is 0. The summed E-state index contributed by atoms with van der Waals surface area (Å²) in [6, 6.07) is 3.65. The molecule has 0 spiro atoms. The number of piperidine rings is 1. The summed E-state index contributed by atoms with van der Waals surface area (Å²) in [5.74, 6) is 0.373. The second kappa shape index (κ2) is 7.12. The molecule has 2 heterocycles. The predicted octanol–water partition coefficient (Wildman–Crippen LogP) is 2.29. The summed E-state index contributed by atoms with van der Waals surface area (Å²) in [4.78, 5) is 15.9. The van der Waals surface area contributed by atoms with Crippen LogP contribution in [-0.4, -0.2) is 23.9 Å². The van der Waals surface area contributed by atoms with E-state index in [1.807, 2.05) is 26.0 Å². The Balaban J connectivity index is 0.000000606. The Labute approximate surface area is 97.3 Å². The molecule has 0 radical (unpaired) electrons. The maximum atomic E-state index is 11.9. The molecule has 3 nitrogen and oxygen atoms in total. The SMILES string of the molecule is CC.O=C(c1cccnc1)C1CCCNC1. The van der Waals surface area contributed by atoms with E-state index in [1.165, 1.54) is 0 Å². The van der Waals surface area contributed by atoms with Crippen LogP contribution in [0, 0.1) is 5.92 Å². The Hall–Kier alpha value is -1.22. The zero-order valence-electron chi connectivity index (χ0n) is 10.1. The van der Waals surface area contributed by atoms with E-state index in [1.54, 1.807) is 12.4 Å². The number of carbonyl (C=O) groups excluding carboxylic acids is 1. The van der Waals surface area contributed by atoms with Gasteiger partial charge in [-0.05, 0) is 31.5 Å². The van der Waals surface area contributed by atoms with Crippen molar-refractivity contribution in [3.63, 3.8) is 0 Å². The minimum absolute atomic E-state index is 0.146. The van der Waals surface area contributed by atoms with Gasteiger partial charge < -0.3 is 5.32 Å². The average Bonchev–Trinajstić information content (AvgIpc) is 2.42. The highest BCUT2D eigenvalue weighted by atomic mass is 16.1. The molecule has 0 bridgehead atoms. The first kappa shape index (κ1) is 12.8. The Morgan fingerprint density at radius 2 is 2.31 bits per heavy atom. The third kappa shape index (κ3) is 3.42. The highest BCUT2D eigenvalue weighted by Crippen LogP contribution is 2.15. The summed E-state index contributed by atoms with van der Waals surface area (Å²) in [6.07, 6.45) is 5.43. The molecule has 1 aromatic rings. The zero-order valence-corrected chi connectivity index (χ0v) is 10.1. The van der Waals surface area contributed by atoms with Gasteiger partial charge in [0.25, 0.3) is 0 Å². The van der Waals surface area contributed by atoms with Gasteiger partial charge in [-0.3, -0.25) is 9.78 Å². The maximum absolute atomic E-state index is 11.9. The quantitative estimate of drug-likeness (QED) is 0.777. The molecule has 1 unspecified atom stereocenters. The van der Waals surface area contributed by atoms with Gasteiger partial charge >= 0.3 is 0 Å². The van der Waals surface area contributed by atoms with Gasteiger partial charge in [-0.1, -0.05) is 13.8 Å². The molecule has 16 heavy (non-hydrogen) atoms. The summed E-state index contributed by atoms with van der Waals surface area (Å²) in [6.45, 7) is 5.85. The summed E-state index contributed by atoms with van der Waals surface area (Å²) < 4.78 is 0. The van der Waals surface area contributed by atoms with Crippen LogP contribution in [0.2, 0.25) is 0 Å². The lowest BCUT2D eigenvalue weighted by atomic mass is 9.92. The Morgan fingerprint density at radius 1 is 1.50 bits per heavy atom. The van der Waals surface area contributed by atoms with Gasteiger partial charge in [0.05, 0.1) is 0 Å². The van der Waals surface area contributed by atoms with Gasteiger partial charge in [-0.25, -0.2) is 0 Å². The summed E-state index contributed by atoms with van der Waals surface area (Å²) in [5.41, 5.74) is 0.737. The van der Waals surface area contributed by atoms with Crippen LogP contribution in [0.3, 0.4) is 0 Å². The molecule has 1 aliphatic rings. The van der Waals surface area contributed by atoms with Crippen LogP contribution in [0.15, 0.2) is 24.5 Å². The van der Waals surface area contributed by atoms with Crippen molar-refractivity contribution in [1.29, 1.82) is 0 Å². The van der Waals surface area contributed by atoms with E-state index in [0.717, 1.165) is 31.5 Å². The van der Waals surface area contributed by atoms with Crippen LogP contribution in [-0.2, 0) is 0 Å². The fourth-order valence-electron chi connectivity index (χ4n) is 1.82. The van der Waals surface area contributed by atoms with E-state index in [4.69, 9.17) is 0 Å². The Bertz CT molecular complexity index is 305. The molecule has 0 saturated carbocycles. The predicted molar refractivity (Wildman–Crippen MR) is 65.5 cm³/mol. The monoisotopic (exact) mass is 220 g/mol. The van der Waals surface area contributed by atoms with Crippen molar-refractivity contribution in [2.75, 3.05) is 13.1 Å². The van der Waals surface area contributed by atoms with Crippen molar-refractivity contribution in [2.45, 2.75) is 26.7 Å². The Morgan fingerprint density at radius 3 is 2.88 bits per heavy atom. The minimum atomic E-state index is 0.146. The van der Waals surface area contributed by atoms with Gasteiger partial charge in [0.1, 0.15) is 0 Å². The third-order valence-electron chi connectivity index (χ3n) is 2.61. The number of Topliss-reactive ketones (excluding diaryl/α,β-unsaturated/α-hetero) is 1. The molecule has 1 fully saturated rings. The lowest BCUT2D eigenvalue weighted by Crippen LogP contribution is -2.34. The van der Waals surface area contributed by atoms with Crippen LogP contribution in [0.4, 0.5) is 0 Å². The van der Waals surface area contributed by atoms with Gasteiger partial charge in [0.2, 0.25) is 0 Å². The van der Waals surface area contributed by atoms with Crippen molar-refractivity contribution in [1.82, 2.24) is 10.3 Å². The second-order valence-electron chi connectivity index (χ2n) is 3.65. The molecule has 0 amide bonds. The number of aromatic nitrogens is 1. The number of hydrogen-bond acceptors (Lipinski definition) is 3. The zero-order chi connectivity index (χ0) is 11.8. The van der Waals surface area contributed by atoms with E-state index in [9.17, 15) is 4.79 Å². The van der Waals surface area contributed by atoms with Gasteiger partial charge in [-0.2, -0.15) is 0 Å². The molecule has 0 aromatic carbocycles. The molecule has 1 aromatic heterocycles. The molecule has 0 aliphatic carbocycles. The van der Waals surface area contributed by atoms with E-state index >= 15 is 0 Å². The first-order valence-electron chi connectivity index (χ1n) is 6.03. The lowest BCUT2D eigenvalue weighted by molar-refractivity contribution is 0.0899. The molecular formula is C13H20N2O. The molecule has 1 aliphatic heterocycles. The summed E-state index contributed by atoms with van der Waals surface area (Å²) in [5, 5.41) is 3.24. The van der Waals surface area contributed by atoms with E-state index in [-0.39, 0.29) is 11.7 Å². The van der Waals surface area contributed by atoms with Crippen molar-refractivity contribution in [3.8, 4) is 0 Å². The largest absolute Gasteiger partial charge is 0.316 e. The van der Waals surface area contributed by atoms with Crippen molar-refractivity contribution >= 4 is 5.78 Å². The number of pyridine rings is 1. The average molecular weight is 220 g/mol. The number of carbonyl (C=O) groups is 1. The van der Waals surface area contributed by atoms with Crippen LogP contribution >= 0.6 is 0 Å². The molecular weight excluding hydrogens is 200 g/mol. The van der Waals surface area contributed by atoms with E-state index in [0.29, 0.717) is 0 Å². The lowest BCUT2D eigenvalue weighted by Gasteiger charge is -2.21. The minimum Gasteiger partial charge on any atom is -0.316 e. The number of ketones is 1. The standard InChI is InChI=1S/C11H14N2O.C2H6/c14-11(9-3-1-5-12-7-9)10-4-2-6-13-8-10;1-2/h1,3,5,7,10,13H,2,4,6,8H2;1-2H3. The van der Waals surface area contributed by atoms with Crippen molar-refractivity contribution < 1.29 is 4.79 Å². The highest BCUT2D eigenvalue weighted by Gasteiger charge is 2.21. The number of rotatable bonds is 2. The second-order valence-corrected chi connectivity index (χ2v) is 3.65. The molecule has 1 atom stereocenters. The number of nitrogens with one attached hydrogen (secondary N) is 1. The Kier molecular flexibility index (Phi) is 5.72. The molecule has 3 heteroatoms. The summed E-state index contributed by atoms with van der Waals surface area (Å²) in [7, 11) is 0. The van der Waals surface area contributed by atoms with Crippen molar-refractivity contribution in [3.05, 3.63) is 30.1 Å². The van der Waals surface area contributed by atoms with Crippen molar-refractivity contribution in [2.24, 2.45) is 5.92 Å². The number of hydrogen-bond donors (Lipinski definition) is 1. The fourth-order valence-corrected chi connectivity index (χ4v) is 1.82. The maximum Gasteiger partial charge on any atom is 0.168 e. The molecule has 1 saturated heterocycles. The van der Waals surface area contributed by atoms with Gasteiger partial charge in [-0.15, -0.1) is 0 Å². The number of nitrogens with zero attached hydrogens (tertiary/aromatic N) is 1. The normalized spacial score (nSPS) is 19.5. The van der Waals surface area contributed by atoms with Crippen LogP contribution < -0.4 is 5.32 Å². The molecule has 2 rings (SSSR count). The van der Waals surface area contributed by atoms with Gasteiger partial charge in [0, 0.05) is 30.4 Å². The first-order chi connectivity index (χ1) is 7.88. The van der Waals surface area contributed by atoms with Gasteiger partial charge in [0.15, 0.2) is 5.78 Å². The first-order valence-corrected chi connectivity index (χ1v) is 6.03. The van der Waals surface area contributed by atoms with E-state index in [2.05, 4.69) is 10.3 Å². The topological polar surface area (TPSA) is 42.0 Å². The fraction of sp³-hybridized carbons (Fsp3) is 0.538. The van der Waals surface area contributed by atoms with Crippen LogP contribution in [0.1, 0.15) is 37.0 Å². The highest BCUT2D eigenvalue weighted by molar-refractivity contribution is 5.97. The molecule has 1 N–H and O–H groups in total. The van der Waals surface area contributed by atoms with E-state index < -0.39 is 0 Å². The van der Waals surface area contributed by atoms with Crippen LogP contribution in [0.5, 0.6) is 0 Å². The third-order valence-corrected chi connectivity index (χ3v) is 2.61. The molecule has 88 valence electrons. The van der Waals surface area contributed by atoms with Crippen LogP contribution in [0.25, 0.3) is 0 Å².